The highest BCUT2D eigenvalue weighted by Crippen LogP contribution is 2.30. The SMILES string of the molecule is NS(=O)(=O)c1ccc(NC(=S)N2CCN([C@@H](CC3CCCCC3)C(=O)Nc3nccs3)C(=O)C2)cc1. The maximum Gasteiger partial charge on any atom is 0.248 e. The van der Waals surface area contributed by atoms with Gasteiger partial charge in [0.1, 0.15) is 6.04 Å². The molecule has 1 aliphatic carbocycles. The van der Waals surface area contributed by atoms with Crippen molar-refractivity contribution in [1.29, 1.82) is 0 Å². The van der Waals surface area contributed by atoms with Gasteiger partial charge in [0.05, 0.1) is 11.4 Å². The highest BCUT2D eigenvalue weighted by molar-refractivity contribution is 7.89. The van der Waals surface area contributed by atoms with E-state index in [2.05, 4.69) is 15.6 Å². The fourth-order valence-electron chi connectivity index (χ4n) is 4.71. The molecule has 1 aromatic carbocycles. The number of hydrogen-bond acceptors (Lipinski definition) is 7. The van der Waals surface area contributed by atoms with Crippen LogP contribution in [0.3, 0.4) is 0 Å². The van der Waals surface area contributed by atoms with Crippen LogP contribution in [0.15, 0.2) is 40.7 Å². The molecule has 2 fully saturated rings. The van der Waals surface area contributed by atoms with E-state index in [1.54, 1.807) is 33.5 Å². The molecule has 2 heterocycles. The van der Waals surface area contributed by atoms with E-state index in [9.17, 15) is 18.0 Å². The van der Waals surface area contributed by atoms with Gasteiger partial charge in [0.15, 0.2) is 10.2 Å². The van der Waals surface area contributed by atoms with Crippen LogP contribution >= 0.6 is 23.6 Å². The molecule has 36 heavy (non-hydrogen) atoms. The maximum absolute atomic E-state index is 13.2. The smallest absolute Gasteiger partial charge is 0.248 e. The first-order valence-corrected chi connectivity index (χ1v) is 14.7. The van der Waals surface area contributed by atoms with Gasteiger partial charge in [-0.3, -0.25) is 9.59 Å². The fraction of sp³-hybridized carbons (Fsp3) is 0.478. The summed E-state index contributed by atoms with van der Waals surface area (Å²) in [7, 11) is -3.78. The molecule has 2 amide bonds. The first-order chi connectivity index (χ1) is 17.2. The standard InChI is InChI=1S/C23H30N6O4S3/c24-36(32,33)18-8-6-17(7-9-18)26-23(34)28-11-12-29(20(30)15-28)19(14-16-4-2-1-3-5-16)21(31)27-22-25-10-13-35-22/h6-10,13,16,19H,1-5,11-12,14-15H2,(H,26,34)(H2,24,32,33)(H,25,27,31)/t19-/m0/s1. The van der Waals surface area contributed by atoms with Crippen molar-refractivity contribution in [2.75, 3.05) is 30.3 Å². The molecule has 10 nitrogen and oxygen atoms in total. The Labute approximate surface area is 220 Å². The van der Waals surface area contributed by atoms with E-state index >= 15 is 0 Å². The third kappa shape index (κ3) is 6.78. The van der Waals surface area contributed by atoms with Crippen molar-refractivity contribution in [2.45, 2.75) is 49.5 Å². The van der Waals surface area contributed by atoms with Crippen LogP contribution in [0.25, 0.3) is 0 Å². The molecule has 194 valence electrons. The number of anilines is 2. The number of nitrogens with two attached hydrogens (primary N) is 1. The molecule has 0 spiro atoms. The van der Waals surface area contributed by atoms with E-state index in [1.807, 2.05) is 0 Å². The summed E-state index contributed by atoms with van der Waals surface area (Å²) in [4.78, 5) is 34.1. The number of carbonyl (C=O) groups is 2. The van der Waals surface area contributed by atoms with Crippen molar-refractivity contribution >= 4 is 61.3 Å². The fourth-order valence-corrected chi connectivity index (χ4v) is 6.03. The Morgan fingerprint density at radius 1 is 1.17 bits per heavy atom. The summed E-state index contributed by atoms with van der Waals surface area (Å²) in [6.45, 7) is 0.888. The zero-order chi connectivity index (χ0) is 25.7. The number of amides is 2. The van der Waals surface area contributed by atoms with Gasteiger partial charge in [-0.15, -0.1) is 11.3 Å². The molecule has 13 heteroatoms. The summed E-state index contributed by atoms with van der Waals surface area (Å²) in [5.41, 5.74) is 0.584. The van der Waals surface area contributed by atoms with Gasteiger partial charge in [-0.05, 0) is 48.8 Å². The third-order valence-electron chi connectivity index (χ3n) is 6.60. The van der Waals surface area contributed by atoms with Crippen molar-refractivity contribution in [3.05, 3.63) is 35.8 Å². The van der Waals surface area contributed by atoms with Crippen LogP contribution in [0.5, 0.6) is 0 Å². The van der Waals surface area contributed by atoms with Gasteiger partial charge in [0.2, 0.25) is 21.8 Å². The molecule has 2 aliphatic rings. The lowest BCUT2D eigenvalue weighted by molar-refractivity contribution is -0.142. The molecular formula is C23H30N6O4S3. The number of thiocarbonyl (C=S) groups is 1. The lowest BCUT2D eigenvalue weighted by atomic mass is 9.84. The minimum absolute atomic E-state index is 0.00259. The van der Waals surface area contributed by atoms with E-state index in [0.717, 1.165) is 25.7 Å². The topological polar surface area (TPSA) is 138 Å². The summed E-state index contributed by atoms with van der Waals surface area (Å²) >= 11 is 6.84. The highest BCUT2D eigenvalue weighted by atomic mass is 32.2. The van der Waals surface area contributed by atoms with Gasteiger partial charge in [-0.1, -0.05) is 32.1 Å². The Morgan fingerprint density at radius 2 is 1.89 bits per heavy atom. The summed E-state index contributed by atoms with van der Waals surface area (Å²) in [5.74, 6) is 0.0534. The number of benzene rings is 1. The second kappa shape index (κ2) is 11.6. The summed E-state index contributed by atoms with van der Waals surface area (Å²) in [5, 5.41) is 13.7. The number of nitrogens with one attached hydrogen (secondary N) is 2. The monoisotopic (exact) mass is 550 g/mol. The molecule has 1 aromatic heterocycles. The van der Waals surface area contributed by atoms with Crippen LogP contribution in [-0.2, 0) is 19.6 Å². The molecule has 0 bridgehead atoms. The number of thiazole rings is 1. The van der Waals surface area contributed by atoms with Gasteiger partial charge >= 0.3 is 0 Å². The highest BCUT2D eigenvalue weighted by Gasteiger charge is 2.36. The number of hydrogen-bond donors (Lipinski definition) is 3. The Hall–Kier alpha value is -2.61. The minimum atomic E-state index is -3.78. The van der Waals surface area contributed by atoms with Gasteiger partial charge in [-0.25, -0.2) is 18.5 Å². The lowest BCUT2D eigenvalue weighted by Crippen LogP contribution is -2.59. The van der Waals surface area contributed by atoms with Crippen molar-refractivity contribution in [3.8, 4) is 0 Å². The Kier molecular flexibility index (Phi) is 8.54. The molecular weight excluding hydrogens is 520 g/mol. The minimum Gasteiger partial charge on any atom is -0.338 e. The Bertz CT molecular complexity index is 1180. The molecule has 2 aromatic rings. The second-order valence-corrected chi connectivity index (χ2v) is 11.9. The number of carbonyl (C=O) groups excluding carboxylic acids is 2. The van der Waals surface area contributed by atoms with Crippen molar-refractivity contribution in [2.24, 2.45) is 11.1 Å². The number of aromatic nitrogens is 1. The molecule has 1 aliphatic heterocycles. The molecule has 1 atom stereocenters. The van der Waals surface area contributed by atoms with E-state index in [1.165, 1.54) is 29.9 Å². The maximum atomic E-state index is 13.2. The van der Waals surface area contributed by atoms with E-state index in [0.29, 0.717) is 41.4 Å². The third-order valence-corrected chi connectivity index (χ3v) is 8.58. The largest absolute Gasteiger partial charge is 0.338 e. The summed E-state index contributed by atoms with van der Waals surface area (Å²) in [6, 6.07) is 5.35. The van der Waals surface area contributed by atoms with Crippen LogP contribution in [0.4, 0.5) is 10.8 Å². The van der Waals surface area contributed by atoms with Crippen LogP contribution in [0.2, 0.25) is 0 Å². The number of primary sulfonamides is 1. The van der Waals surface area contributed by atoms with Gasteiger partial charge in [0.25, 0.3) is 0 Å². The van der Waals surface area contributed by atoms with Crippen LogP contribution in [-0.4, -0.2) is 65.8 Å². The number of rotatable bonds is 7. The van der Waals surface area contributed by atoms with E-state index < -0.39 is 16.1 Å². The first-order valence-electron chi connectivity index (χ1n) is 11.9. The summed E-state index contributed by atoms with van der Waals surface area (Å²) < 4.78 is 22.9. The Morgan fingerprint density at radius 3 is 2.50 bits per heavy atom. The molecule has 0 unspecified atom stereocenters. The average molecular weight is 551 g/mol. The normalized spacial score (nSPS) is 18.1. The molecule has 4 N–H and O–H groups in total. The Balaban J connectivity index is 1.40. The van der Waals surface area contributed by atoms with Crippen molar-refractivity contribution in [1.82, 2.24) is 14.8 Å². The van der Waals surface area contributed by atoms with Crippen molar-refractivity contribution in [3.63, 3.8) is 0 Å². The number of nitrogens with zero attached hydrogens (tertiary/aromatic N) is 3. The molecule has 4 rings (SSSR count). The molecule has 0 radical (unpaired) electrons. The summed E-state index contributed by atoms with van der Waals surface area (Å²) in [6.07, 6.45) is 7.97. The zero-order valence-electron chi connectivity index (χ0n) is 19.8. The van der Waals surface area contributed by atoms with E-state index in [-0.39, 0.29) is 23.3 Å². The zero-order valence-corrected chi connectivity index (χ0v) is 22.2. The predicted molar refractivity (Wildman–Crippen MR) is 143 cm³/mol. The van der Waals surface area contributed by atoms with Crippen molar-refractivity contribution < 1.29 is 18.0 Å². The average Bonchev–Trinajstić information content (AvgIpc) is 3.36. The van der Waals surface area contributed by atoms with Gasteiger partial charge in [0, 0.05) is 30.4 Å². The first kappa shape index (κ1) is 26.5. The van der Waals surface area contributed by atoms with E-state index in [4.69, 9.17) is 17.4 Å². The van der Waals surface area contributed by atoms with Gasteiger partial charge < -0.3 is 20.4 Å². The molecule has 1 saturated heterocycles. The van der Waals surface area contributed by atoms with Crippen LogP contribution < -0.4 is 15.8 Å². The number of sulfonamides is 1. The van der Waals surface area contributed by atoms with Crippen LogP contribution in [0, 0.1) is 5.92 Å². The van der Waals surface area contributed by atoms with Crippen LogP contribution in [0.1, 0.15) is 38.5 Å². The lowest BCUT2D eigenvalue weighted by Gasteiger charge is -2.40. The second-order valence-electron chi connectivity index (χ2n) is 9.09. The quantitative estimate of drug-likeness (QED) is 0.448. The van der Waals surface area contributed by atoms with Gasteiger partial charge in [-0.2, -0.15) is 0 Å². The number of piperazine rings is 1. The predicted octanol–water partition coefficient (Wildman–Crippen LogP) is 2.61. The molecule has 1 saturated carbocycles.